The van der Waals surface area contributed by atoms with Gasteiger partial charge in [0.25, 0.3) is 0 Å². The highest BCUT2D eigenvalue weighted by Gasteiger charge is 2.11. The molecule has 0 aliphatic carbocycles. The van der Waals surface area contributed by atoms with E-state index in [0.717, 1.165) is 29.7 Å². The van der Waals surface area contributed by atoms with E-state index >= 15 is 0 Å². The SMILES string of the molecule is CCCn1c(CN)nnc1SCc1cncn1C. The summed E-state index contributed by atoms with van der Waals surface area (Å²) in [7, 11) is 1.99. The van der Waals surface area contributed by atoms with Gasteiger partial charge >= 0.3 is 0 Å². The number of aromatic nitrogens is 5. The Morgan fingerprint density at radius 2 is 2.22 bits per heavy atom. The van der Waals surface area contributed by atoms with Gasteiger partial charge < -0.3 is 14.9 Å². The molecule has 0 aliphatic heterocycles. The number of rotatable bonds is 6. The van der Waals surface area contributed by atoms with Crippen LogP contribution in [0.1, 0.15) is 24.9 Å². The maximum absolute atomic E-state index is 5.66. The lowest BCUT2D eigenvalue weighted by Gasteiger charge is -2.07. The van der Waals surface area contributed by atoms with E-state index in [1.807, 2.05) is 17.8 Å². The van der Waals surface area contributed by atoms with Crippen LogP contribution < -0.4 is 5.73 Å². The Kier molecular flexibility index (Phi) is 4.38. The molecule has 2 heterocycles. The molecule has 7 heteroatoms. The predicted molar refractivity (Wildman–Crippen MR) is 71.0 cm³/mol. The normalized spacial score (nSPS) is 11.1. The predicted octanol–water partition coefficient (Wildman–Crippen LogP) is 1.17. The third-order valence-electron chi connectivity index (χ3n) is 2.69. The Hall–Kier alpha value is -1.34. The monoisotopic (exact) mass is 266 g/mol. The van der Waals surface area contributed by atoms with Gasteiger partial charge in [-0.2, -0.15) is 0 Å². The van der Waals surface area contributed by atoms with Crippen molar-refractivity contribution < 1.29 is 0 Å². The minimum atomic E-state index is 0.430. The Bertz CT molecular complexity index is 503. The highest BCUT2D eigenvalue weighted by molar-refractivity contribution is 7.98. The average molecular weight is 266 g/mol. The van der Waals surface area contributed by atoms with E-state index in [1.54, 1.807) is 18.1 Å². The summed E-state index contributed by atoms with van der Waals surface area (Å²) in [6, 6.07) is 0. The van der Waals surface area contributed by atoms with Crippen molar-refractivity contribution in [1.29, 1.82) is 0 Å². The summed E-state index contributed by atoms with van der Waals surface area (Å²) in [6.45, 7) is 3.47. The molecule has 0 aliphatic rings. The molecule has 2 N–H and O–H groups in total. The van der Waals surface area contributed by atoms with Crippen LogP contribution in [0, 0.1) is 0 Å². The van der Waals surface area contributed by atoms with Crippen molar-refractivity contribution in [2.24, 2.45) is 12.8 Å². The van der Waals surface area contributed by atoms with Crippen LogP contribution >= 0.6 is 11.8 Å². The molecule has 0 amide bonds. The molecule has 0 fully saturated rings. The first-order chi connectivity index (χ1) is 8.76. The largest absolute Gasteiger partial charge is 0.337 e. The molecular formula is C11H18N6S. The first-order valence-electron chi connectivity index (χ1n) is 5.96. The van der Waals surface area contributed by atoms with Crippen molar-refractivity contribution in [3.8, 4) is 0 Å². The summed E-state index contributed by atoms with van der Waals surface area (Å²) in [5.41, 5.74) is 6.83. The highest BCUT2D eigenvalue weighted by atomic mass is 32.2. The smallest absolute Gasteiger partial charge is 0.191 e. The molecule has 0 atom stereocenters. The van der Waals surface area contributed by atoms with E-state index in [2.05, 4.69) is 26.7 Å². The van der Waals surface area contributed by atoms with Crippen molar-refractivity contribution in [3.05, 3.63) is 24.0 Å². The van der Waals surface area contributed by atoms with Crippen molar-refractivity contribution in [3.63, 3.8) is 0 Å². The van der Waals surface area contributed by atoms with E-state index in [9.17, 15) is 0 Å². The first-order valence-corrected chi connectivity index (χ1v) is 6.95. The maximum Gasteiger partial charge on any atom is 0.191 e. The van der Waals surface area contributed by atoms with Crippen LogP contribution in [0.25, 0.3) is 0 Å². The molecule has 2 rings (SSSR count). The van der Waals surface area contributed by atoms with Gasteiger partial charge in [-0.15, -0.1) is 10.2 Å². The second-order valence-corrected chi connectivity index (χ2v) is 4.98. The quantitative estimate of drug-likeness (QED) is 0.794. The number of nitrogens with zero attached hydrogens (tertiary/aromatic N) is 5. The van der Waals surface area contributed by atoms with Gasteiger partial charge in [-0.1, -0.05) is 18.7 Å². The summed E-state index contributed by atoms with van der Waals surface area (Å²) in [6.07, 6.45) is 4.72. The Morgan fingerprint density at radius 3 is 2.83 bits per heavy atom. The zero-order valence-electron chi connectivity index (χ0n) is 10.7. The molecule has 0 unspecified atom stereocenters. The molecule has 0 saturated heterocycles. The van der Waals surface area contributed by atoms with Crippen molar-refractivity contribution in [1.82, 2.24) is 24.3 Å². The van der Waals surface area contributed by atoms with E-state index < -0.39 is 0 Å². The summed E-state index contributed by atoms with van der Waals surface area (Å²) in [4.78, 5) is 4.10. The zero-order valence-corrected chi connectivity index (χ0v) is 11.5. The van der Waals surface area contributed by atoms with Crippen LogP contribution in [-0.2, 0) is 25.9 Å². The summed E-state index contributed by atoms with van der Waals surface area (Å²) in [5.74, 6) is 1.69. The van der Waals surface area contributed by atoms with Crippen LogP contribution in [0.3, 0.4) is 0 Å². The van der Waals surface area contributed by atoms with Crippen LogP contribution in [0.15, 0.2) is 17.7 Å². The molecule has 98 valence electrons. The summed E-state index contributed by atoms with van der Waals surface area (Å²) in [5, 5.41) is 9.25. The van der Waals surface area contributed by atoms with Gasteiger partial charge in [0.2, 0.25) is 0 Å². The van der Waals surface area contributed by atoms with E-state index in [4.69, 9.17) is 5.73 Å². The average Bonchev–Trinajstić information content (AvgIpc) is 2.94. The first kappa shape index (κ1) is 13.1. The molecule has 0 spiro atoms. The molecule has 18 heavy (non-hydrogen) atoms. The van der Waals surface area contributed by atoms with Crippen molar-refractivity contribution in [2.45, 2.75) is 37.3 Å². The standard InChI is InChI=1S/C11H18N6S/c1-3-4-17-10(5-12)14-15-11(17)18-7-9-6-13-8-16(9)2/h6,8H,3-5,7,12H2,1-2H3. The fourth-order valence-corrected chi connectivity index (χ4v) is 2.69. The minimum Gasteiger partial charge on any atom is -0.337 e. The molecule has 0 radical (unpaired) electrons. The third-order valence-corrected chi connectivity index (χ3v) is 3.69. The number of imidazole rings is 1. The number of hydrogen-bond acceptors (Lipinski definition) is 5. The Morgan fingerprint density at radius 1 is 1.39 bits per heavy atom. The fourth-order valence-electron chi connectivity index (χ4n) is 1.69. The van der Waals surface area contributed by atoms with Crippen LogP contribution in [0.4, 0.5) is 0 Å². The molecule has 0 bridgehead atoms. The molecule has 0 aromatic carbocycles. The van der Waals surface area contributed by atoms with Crippen molar-refractivity contribution >= 4 is 11.8 Å². The van der Waals surface area contributed by atoms with Crippen LogP contribution in [0.2, 0.25) is 0 Å². The van der Waals surface area contributed by atoms with E-state index in [-0.39, 0.29) is 0 Å². The van der Waals surface area contributed by atoms with Gasteiger partial charge in [0, 0.05) is 31.2 Å². The minimum absolute atomic E-state index is 0.430. The topological polar surface area (TPSA) is 74.6 Å². The van der Waals surface area contributed by atoms with Gasteiger partial charge in [0.05, 0.1) is 12.9 Å². The Labute approximate surface area is 111 Å². The van der Waals surface area contributed by atoms with Gasteiger partial charge in [0.1, 0.15) is 5.82 Å². The van der Waals surface area contributed by atoms with Gasteiger partial charge in [-0.25, -0.2) is 4.98 Å². The second-order valence-electron chi connectivity index (χ2n) is 4.04. The Balaban J connectivity index is 2.09. The zero-order chi connectivity index (χ0) is 13.0. The van der Waals surface area contributed by atoms with E-state index in [0.29, 0.717) is 6.54 Å². The lowest BCUT2D eigenvalue weighted by Crippen LogP contribution is -2.09. The number of hydrogen-bond donors (Lipinski definition) is 1. The fraction of sp³-hybridized carbons (Fsp3) is 0.545. The summed E-state index contributed by atoms with van der Waals surface area (Å²) >= 11 is 1.67. The third kappa shape index (κ3) is 2.73. The maximum atomic E-state index is 5.66. The highest BCUT2D eigenvalue weighted by Crippen LogP contribution is 2.21. The number of aryl methyl sites for hydroxylation is 1. The van der Waals surface area contributed by atoms with Gasteiger partial charge in [-0.05, 0) is 6.42 Å². The molecule has 6 nitrogen and oxygen atoms in total. The van der Waals surface area contributed by atoms with Crippen molar-refractivity contribution in [2.75, 3.05) is 0 Å². The van der Waals surface area contributed by atoms with Crippen LogP contribution in [0.5, 0.6) is 0 Å². The van der Waals surface area contributed by atoms with E-state index in [1.165, 1.54) is 5.69 Å². The van der Waals surface area contributed by atoms with Crippen LogP contribution in [-0.4, -0.2) is 24.3 Å². The lowest BCUT2D eigenvalue weighted by atomic mass is 10.4. The molecule has 2 aromatic rings. The number of nitrogens with two attached hydrogens (primary N) is 1. The number of thioether (sulfide) groups is 1. The molecule has 0 saturated carbocycles. The molecule has 2 aromatic heterocycles. The molecular weight excluding hydrogens is 248 g/mol. The van der Waals surface area contributed by atoms with Gasteiger partial charge in [0.15, 0.2) is 5.16 Å². The second kappa shape index (κ2) is 6.01. The lowest BCUT2D eigenvalue weighted by molar-refractivity contribution is 0.592. The summed E-state index contributed by atoms with van der Waals surface area (Å²) < 4.78 is 4.11. The van der Waals surface area contributed by atoms with Gasteiger partial charge in [-0.3, -0.25) is 0 Å².